The lowest BCUT2D eigenvalue weighted by Crippen LogP contribution is -1.89. The molecule has 0 atom stereocenters. The van der Waals surface area contributed by atoms with Crippen LogP contribution in [0.2, 0.25) is 0 Å². The SMILES string of the molecule is Cl.ClCc1ccccc1Oc1cccnc1. The number of hydrogen-bond acceptors (Lipinski definition) is 2. The van der Waals surface area contributed by atoms with Crippen LogP contribution in [0, 0.1) is 0 Å². The fourth-order valence-electron chi connectivity index (χ4n) is 1.25. The van der Waals surface area contributed by atoms with E-state index >= 15 is 0 Å². The van der Waals surface area contributed by atoms with E-state index in [-0.39, 0.29) is 12.4 Å². The molecule has 0 N–H and O–H groups in total. The van der Waals surface area contributed by atoms with Gasteiger partial charge in [0.2, 0.25) is 0 Å². The number of aromatic nitrogens is 1. The number of pyridine rings is 1. The predicted molar refractivity (Wildman–Crippen MR) is 67.6 cm³/mol. The van der Waals surface area contributed by atoms with Crippen molar-refractivity contribution in [1.29, 1.82) is 0 Å². The second-order valence-corrected chi connectivity index (χ2v) is 3.30. The molecule has 2 aromatic rings. The highest BCUT2D eigenvalue weighted by atomic mass is 35.5. The summed E-state index contributed by atoms with van der Waals surface area (Å²) in [5, 5.41) is 0. The van der Waals surface area contributed by atoms with Crippen LogP contribution in [-0.4, -0.2) is 4.98 Å². The summed E-state index contributed by atoms with van der Waals surface area (Å²) in [4.78, 5) is 3.98. The third-order valence-electron chi connectivity index (χ3n) is 1.98. The van der Waals surface area contributed by atoms with Crippen LogP contribution in [-0.2, 0) is 5.88 Å². The van der Waals surface area contributed by atoms with Gasteiger partial charge < -0.3 is 4.74 Å². The average molecular weight is 256 g/mol. The molecule has 4 heteroatoms. The monoisotopic (exact) mass is 255 g/mol. The van der Waals surface area contributed by atoms with Gasteiger partial charge in [0, 0.05) is 11.8 Å². The molecule has 1 aromatic heterocycles. The van der Waals surface area contributed by atoms with Gasteiger partial charge in [-0.2, -0.15) is 0 Å². The molecule has 16 heavy (non-hydrogen) atoms. The zero-order chi connectivity index (χ0) is 10.5. The van der Waals surface area contributed by atoms with Crippen molar-refractivity contribution in [1.82, 2.24) is 4.98 Å². The Labute approximate surface area is 106 Å². The number of rotatable bonds is 3. The lowest BCUT2D eigenvalue weighted by Gasteiger charge is -2.08. The molecule has 2 rings (SSSR count). The smallest absolute Gasteiger partial charge is 0.145 e. The summed E-state index contributed by atoms with van der Waals surface area (Å²) in [5.41, 5.74) is 0.975. The normalized spacial score (nSPS) is 9.31. The summed E-state index contributed by atoms with van der Waals surface area (Å²) in [5.74, 6) is 1.94. The zero-order valence-electron chi connectivity index (χ0n) is 8.47. The summed E-state index contributed by atoms with van der Waals surface area (Å²) in [6.07, 6.45) is 3.38. The molecule has 0 aliphatic heterocycles. The van der Waals surface area contributed by atoms with E-state index in [2.05, 4.69) is 4.98 Å². The predicted octanol–water partition coefficient (Wildman–Crippen LogP) is 4.03. The minimum absolute atomic E-state index is 0. The van der Waals surface area contributed by atoms with Gasteiger partial charge in [-0.05, 0) is 18.2 Å². The summed E-state index contributed by atoms with van der Waals surface area (Å²) in [7, 11) is 0. The molecule has 0 radical (unpaired) electrons. The van der Waals surface area contributed by atoms with Crippen molar-refractivity contribution < 1.29 is 4.74 Å². The van der Waals surface area contributed by atoms with Crippen LogP contribution in [0.4, 0.5) is 0 Å². The van der Waals surface area contributed by atoms with E-state index in [0.29, 0.717) is 5.88 Å². The first kappa shape index (κ1) is 12.8. The maximum Gasteiger partial charge on any atom is 0.145 e. The number of hydrogen-bond donors (Lipinski definition) is 0. The number of benzene rings is 1. The molecule has 1 heterocycles. The van der Waals surface area contributed by atoms with E-state index in [1.165, 1.54) is 0 Å². The van der Waals surface area contributed by atoms with E-state index in [9.17, 15) is 0 Å². The van der Waals surface area contributed by atoms with E-state index in [1.54, 1.807) is 12.4 Å². The summed E-state index contributed by atoms with van der Waals surface area (Å²) < 4.78 is 5.65. The Balaban J connectivity index is 0.00000128. The molecule has 0 amide bonds. The lowest BCUT2D eigenvalue weighted by atomic mass is 10.2. The third kappa shape index (κ3) is 3.12. The highest BCUT2D eigenvalue weighted by Gasteiger charge is 2.02. The van der Waals surface area contributed by atoms with Crippen molar-refractivity contribution in [2.75, 3.05) is 0 Å². The van der Waals surface area contributed by atoms with Crippen molar-refractivity contribution >= 4 is 24.0 Å². The van der Waals surface area contributed by atoms with Gasteiger partial charge in [0.15, 0.2) is 0 Å². The zero-order valence-corrected chi connectivity index (χ0v) is 10.0. The molecule has 1 aromatic carbocycles. The Morgan fingerprint density at radius 2 is 1.94 bits per heavy atom. The quantitative estimate of drug-likeness (QED) is 0.773. The van der Waals surface area contributed by atoms with Gasteiger partial charge in [0.05, 0.1) is 12.1 Å². The standard InChI is InChI=1S/C12H10ClNO.ClH/c13-8-10-4-1-2-6-12(10)15-11-5-3-7-14-9-11;/h1-7,9H,8H2;1H. The molecule has 0 saturated heterocycles. The van der Waals surface area contributed by atoms with Crippen LogP contribution in [0.25, 0.3) is 0 Å². The number of ether oxygens (including phenoxy) is 1. The minimum atomic E-state index is 0. The second kappa shape index (κ2) is 6.36. The molecule has 84 valence electrons. The van der Waals surface area contributed by atoms with Crippen molar-refractivity contribution in [3.8, 4) is 11.5 Å². The molecule has 2 nitrogen and oxygen atoms in total. The average Bonchev–Trinajstić information content (AvgIpc) is 2.31. The van der Waals surface area contributed by atoms with Gasteiger partial charge in [-0.25, -0.2) is 0 Å². The first-order chi connectivity index (χ1) is 7.40. The van der Waals surface area contributed by atoms with Crippen molar-refractivity contribution in [3.63, 3.8) is 0 Å². The molecular weight excluding hydrogens is 245 g/mol. The Bertz CT molecular complexity index is 434. The van der Waals surface area contributed by atoms with Gasteiger partial charge in [-0.3, -0.25) is 4.98 Å². The summed E-state index contributed by atoms with van der Waals surface area (Å²) in [6.45, 7) is 0. The van der Waals surface area contributed by atoms with E-state index in [0.717, 1.165) is 17.1 Å². The topological polar surface area (TPSA) is 22.1 Å². The summed E-state index contributed by atoms with van der Waals surface area (Å²) >= 11 is 5.80. The summed E-state index contributed by atoms with van der Waals surface area (Å²) in [6, 6.07) is 11.4. The number of para-hydroxylation sites is 1. The minimum Gasteiger partial charge on any atom is -0.455 e. The fraction of sp³-hybridized carbons (Fsp3) is 0.0833. The number of halogens is 2. The van der Waals surface area contributed by atoms with Crippen molar-refractivity contribution in [3.05, 3.63) is 54.4 Å². The fourth-order valence-corrected chi connectivity index (χ4v) is 1.47. The van der Waals surface area contributed by atoms with Gasteiger partial charge >= 0.3 is 0 Å². The lowest BCUT2D eigenvalue weighted by molar-refractivity contribution is 0.476. The van der Waals surface area contributed by atoms with Crippen LogP contribution < -0.4 is 4.74 Å². The molecular formula is C12H11Cl2NO. The first-order valence-corrected chi connectivity index (χ1v) is 5.15. The van der Waals surface area contributed by atoms with Crippen LogP contribution in [0.15, 0.2) is 48.8 Å². The third-order valence-corrected chi connectivity index (χ3v) is 2.27. The Hall–Kier alpha value is -1.25. The molecule has 0 saturated carbocycles. The highest BCUT2D eigenvalue weighted by molar-refractivity contribution is 6.17. The van der Waals surface area contributed by atoms with E-state index in [4.69, 9.17) is 16.3 Å². The van der Waals surface area contributed by atoms with E-state index in [1.807, 2.05) is 36.4 Å². The molecule has 0 unspecified atom stereocenters. The Kier molecular flexibility index (Phi) is 5.09. The molecule has 0 fully saturated rings. The van der Waals surface area contributed by atoms with Gasteiger partial charge in [0.1, 0.15) is 11.5 Å². The maximum absolute atomic E-state index is 5.80. The van der Waals surface area contributed by atoms with Crippen LogP contribution in [0.1, 0.15) is 5.56 Å². The Morgan fingerprint density at radius 1 is 1.12 bits per heavy atom. The van der Waals surface area contributed by atoms with Crippen molar-refractivity contribution in [2.24, 2.45) is 0 Å². The van der Waals surface area contributed by atoms with Gasteiger partial charge in [-0.1, -0.05) is 18.2 Å². The molecule has 0 aliphatic carbocycles. The highest BCUT2D eigenvalue weighted by Crippen LogP contribution is 2.25. The van der Waals surface area contributed by atoms with Crippen molar-refractivity contribution in [2.45, 2.75) is 5.88 Å². The molecule has 0 bridgehead atoms. The molecule has 0 aliphatic rings. The second-order valence-electron chi connectivity index (χ2n) is 3.03. The van der Waals surface area contributed by atoms with Gasteiger partial charge in [0.25, 0.3) is 0 Å². The van der Waals surface area contributed by atoms with Crippen LogP contribution in [0.3, 0.4) is 0 Å². The Morgan fingerprint density at radius 3 is 2.62 bits per heavy atom. The first-order valence-electron chi connectivity index (χ1n) is 4.62. The van der Waals surface area contributed by atoms with E-state index < -0.39 is 0 Å². The van der Waals surface area contributed by atoms with Gasteiger partial charge in [-0.15, -0.1) is 24.0 Å². The van der Waals surface area contributed by atoms with Crippen LogP contribution >= 0.6 is 24.0 Å². The number of nitrogens with zero attached hydrogens (tertiary/aromatic N) is 1. The molecule has 0 spiro atoms. The number of alkyl halides is 1. The van der Waals surface area contributed by atoms with Crippen LogP contribution in [0.5, 0.6) is 11.5 Å². The largest absolute Gasteiger partial charge is 0.455 e. The maximum atomic E-state index is 5.80.